The zero-order valence-electron chi connectivity index (χ0n) is 12.2. The topological polar surface area (TPSA) is 57.2 Å². The van der Waals surface area contributed by atoms with Crippen LogP contribution in [-0.4, -0.2) is 10.5 Å². The Bertz CT molecular complexity index is 848. The molecule has 0 unspecified atom stereocenters. The third-order valence-electron chi connectivity index (χ3n) is 3.46. The molecule has 0 aliphatic heterocycles. The number of aryl methyl sites for hydroxylation is 1. The smallest absolute Gasteiger partial charge is 0.241 e. The highest BCUT2D eigenvalue weighted by Gasteiger charge is 2.15. The molecule has 4 heteroatoms. The van der Waals surface area contributed by atoms with E-state index in [0.29, 0.717) is 5.88 Å². The van der Waals surface area contributed by atoms with Crippen LogP contribution in [0.3, 0.4) is 0 Å². The number of hydrogen-bond acceptors (Lipinski definition) is 2. The van der Waals surface area contributed by atoms with Gasteiger partial charge in [0.15, 0.2) is 0 Å². The van der Waals surface area contributed by atoms with Crippen molar-refractivity contribution < 1.29 is 9.53 Å². The van der Waals surface area contributed by atoms with Crippen molar-refractivity contribution >= 4 is 22.9 Å². The van der Waals surface area contributed by atoms with Gasteiger partial charge in [0.1, 0.15) is 5.75 Å². The van der Waals surface area contributed by atoms with Crippen molar-refractivity contribution in [2.24, 2.45) is 12.8 Å². The van der Waals surface area contributed by atoms with Crippen LogP contribution in [0.2, 0.25) is 0 Å². The van der Waals surface area contributed by atoms with E-state index in [4.69, 9.17) is 10.5 Å². The molecule has 2 N–H and O–H groups in total. The highest BCUT2D eigenvalue weighted by molar-refractivity contribution is 5.97. The SMILES string of the molecule is Cn1c(Oc2ccccc2)c(/C=C\C(N)=O)c2ccccc21. The molecule has 0 fully saturated rings. The fraction of sp³-hybridized carbons (Fsp3) is 0.0556. The van der Waals surface area contributed by atoms with E-state index in [2.05, 4.69) is 0 Å². The van der Waals surface area contributed by atoms with Crippen LogP contribution in [0, 0.1) is 0 Å². The number of para-hydroxylation sites is 2. The number of benzene rings is 2. The minimum Gasteiger partial charge on any atom is -0.440 e. The Labute approximate surface area is 128 Å². The van der Waals surface area contributed by atoms with Gasteiger partial charge in [0.2, 0.25) is 11.8 Å². The average Bonchev–Trinajstić information content (AvgIpc) is 2.79. The van der Waals surface area contributed by atoms with Gasteiger partial charge >= 0.3 is 0 Å². The van der Waals surface area contributed by atoms with Crippen LogP contribution in [-0.2, 0) is 11.8 Å². The number of amides is 1. The first kappa shape index (κ1) is 13.9. The van der Waals surface area contributed by atoms with Crippen molar-refractivity contribution in [3.63, 3.8) is 0 Å². The maximum atomic E-state index is 11.1. The summed E-state index contributed by atoms with van der Waals surface area (Å²) in [4.78, 5) is 11.1. The van der Waals surface area contributed by atoms with Crippen molar-refractivity contribution in [2.45, 2.75) is 0 Å². The van der Waals surface area contributed by atoms with Gasteiger partial charge in [-0.05, 0) is 24.3 Å². The van der Waals surface area contributed by atoms with Crippen LogP contribution in [0.1, 0.15) is 5.56 Å². The predicted molar refractivity (Wildman–Crippen MR) is 87.7 cm³/mol. The monoisotopic (exact) mass is 292 g/mol. The van der Waals surface area contributed by atoms with Crippen molar-refractivity contribution in [3.05, 3.63) is 66.2 Å². The number of hydrogen-bond donors (Lipinski definition) is 1. The summed E-state index contributed by atoms with van der Waals surface area (Å²) in [5, 5.41) is 1.01. The molecular formula is C18H16N2O2. The summed E-state index contributed by atoms with van der Waals surface area (Å²) >= 11 is 0. The molecule has 110 valence electrons. The molecule has 2 aromatic carbocycles. The number of ether oxygens (including phenoxy) is 1. The summed E-state index contributed by atoms with van der Waals surface area (Å²) in [6.45, 7) is 0. The molecule has 0 aliphatic carbocycles. The van der Waals surface area contributed by atoms with E-state index in [9.17, 15) is 4.79 Å². The zero-order chi connectivity index (χ0) is 15.5. The van der Waals surface area contributed by atoms with Gasteiger partial charge in [-0.2, -0.15) is 0 Å². The lowest BCUT2D eigenvalue weighted by Crippen LogP contribution is -2.05. The van der Waals surface area contributed by atoms with Crippen LogP contribution >= 0.6 is 0 Å². The van der Waals surface area contributed by atoms with Crippen molar-refractivity contribution in [1.29, 1.82) is 0 Å². The fourth-order valence-electron chi connectivity index (χ4n) is 2.45. The maximum absolute atomic E-state index is 11.1. The van der Waals surface area contributed by atoms with E-state index < -0.39 is 5.91 Å². The number of fused-ring (bicyclic) bond motifs is 1. The Morgan fingerprint density at radius 2 is 1.77 bits per heavy atom. The third-order valence-corrected chi connectivity index (χ3v) is 3.46. The normalized spacial score (nSPS) is 11.1. The molecule has 0 saturated carbocycles. The minimum absolute atomic E-state index is 0.487. The molecule has 0 spiro atoms. The van der Waals surface area contributed by atoms with Crippen LogP contribution in [0.5, 0.6) is 11.6 Å². The van der Waals surface area contributed by atoms with Crippen LogP contribution < -0.4 is 10.5 Å². The molecule has 0 saturated heterocycles. The Morgan fingerprint density at radius 3 is 2.50 bits per heavy atom. The summed E-state index contributed by atoms with van der Waals surface area (Å²) in [7, 11) is 1.93. The lowest BCUT2D eigenvalue weighted by molar-refractivity contribution is -0.113. The molecule has 3 aromatic rings. The molecule has 1 heterocycles. The summed E-state index contributed by atoms with van der Waals surface area (Å²) in [5.74, 6) is 0.922. The van der Waals surface area contributed by atoms with Crippen molar-refractivity contribution in [1.82, 2.24) is 4.57 Å². The van der Waals surface area contributed by atoms with Crippen LogP contribution in [0.25, 0.3) is 17.0 Å². The molecule has 0 bridgehead atoms. The number of carbonyl (C=O) groups excluding carboxylic acids is 1. The van der Waals surface area contributed by atoms with Gasteiger partial charge in [-0.1, -0.05) is 36.4 Å². The Kier molecular flexibility index (Phi) is 3.66. The molecule has 0 aliphatic rings. The molecule has 0 atom stereocenters. The molecular weight excluding hydrogens is 276 g/mol. The Balaban J connectivity index is 2.16. The minimum atomic E-state index is -0.487. The molecule has 1 aromatic heterocycles. The zero-order valence-corrected chi connectivity index (χ0v) is 12.2. The highest BCUT2D eigenvalue weighted by atomic mass is 16.5. The first-order valence-electron chi connectivity index (χ1n) is 6.94. The lowest BCUT2D eigenvalue weighted by Gasteiger charge is -2.08. The van der Waals surface area contributed by atoms with E-state index in [1.165, 1.54) is 6.08 Å². The number of nitrogens with two attached hydrogens (primary N) is 1. The molecule has 22 heavy (non-hydrogen) atoms. The molecule has 3 rings (SSSR count). The van der Waals surface area contributed by atoms with Gasteiger partial charge in [0, 0.05) is 24.1 Å². The Morgan fingerprint density at radius 1 is 1.09 bits per heavy atom. The van der Waals surface area contributed by atoms with E-state index >= 15 is 0 Å². The Hall–Kier alpha value is -3.01. The van der Waals surface area contributed by atoms with Crippen LogP contribution in [0.15, 0.2) is 60.7 Å². The first-order valence-corrected chi connectivity index (χ1v) is 6.94. The maximum Gasteiger partial charge on any atom is 0.241 e. The number of rotatable bonds is 4. The van der Waals surface area contributed by atoms with Gasteiger partial charge in [-0.3, -0.25) is 4.79 Å². The predicted octanol–water partition coefficient (Wildman–Crippen LogP) is 3.47. The van der Waals surface area contributed by atoms with E-state index in [0.717, 1.165) is 22.2 Å². The summed E-state index contributed by atoms with van der Waals surface area (Å²) in [6, 6.07) is 17.5. The molecule has 4 nitrogen and oxygen atoms in total. The molecule has 0 radical (unpaired) electrons. The van der Waals surface area contributed by atoms with Gasteiger partial charge in [0.05, 0.1) is 5.52 Å². The second kappa shape index (κ2) is 5.77. The largest absolute Gasteiger partial charge is 0.440 e. The summed E-state index contributed by atoms with van der Waals surface area (Å²) in [6.07, 6.45) is 3.04. The number of carbonyl (C=O) groups is 1. The average molecular weight is 292 g/mol. The van der Waals surface area contributed by atoms with Gasteiger partial charge < -0.3 is 15.0 Å². The van der Waals surface area contributed by atoms with Crippen molar-refractivity contribution in [2.75, 3.05) is 0 Å². The fourth-order valence-corrected chi connectivity index (χ4v) is 2.45. The van der Waals surface area contributed by atoms with Gasteiger partial charge in [-0.25, -0.2) is 0 Å². The number of aromatic nitrogens is 1. The van der Waals surface area contributed by atoms with E-state index in [1.54, 1.807) is 6.08 Å². The van der Waals surface area contributed by atoms with E-state index in [-0.39, 0.29) is 0 Å². The standard InChI is InChI=1S/C18H16N2O2/c1-20-16-10-6-5-9-14(16)15(11-12-17(19)21)18(20)22-13-7-3-2-4-8-13/h2-12H,1H3,(H2,19,21)/b12-11-. The van der Waals surface area contributed by atoms with Gasteiger partial charge in [0.25, 0.3) is 0 Å². The molecule has 1 amide bonds. The number of nitrogens with zero attached hydrogens (tertiary/aromatic N) is 1. The second-order valence-corrected chi connectivity index (χ2v) is 4.95. The lowest BCUT2D eigenvalue weighted by atomic mass is 10.1. The summed E-state index contributed by atoms with van der Waals surface area (Å²) in [5.41, 5.74) is 7.08. The van der Waals surface area contributed by atoms with E-state index in [1.807, 2.05) is 66.2 Å². The van der Waals surface area contributed by atoms with Gasteiger partial charge in [-0.15, -0.1) is 0 Å². The number of primary amides is 1. The summed E-state index contributed by atoms with van der Waals surface area (Å²) < 4.78 is 7.98. The van der Waals surface area contributed by atoms with Crippen LogP contribution in [0.4, 0.5) is 0 Å². The van der Waals surface area contributed by atoms with Crippen molar-refractivity contribution in [3.8, 4) is 11.6 Å². The second-order valence-electron chi connectivity index (χ2n) is 4.95. The quantitative estimate of drug-likeness (QED) is 0.749. The first-order chi connectivity index (χ1) is 10.7. The highest BCUT2D eigenvalue weighted by Crippen LogP contribution is 2.35. The third kappa shape index (κ3) is 2.59.